The van der Waals surface area contributed by atoms with E-state index in [0.717, 1.165) is 36.6 Å². The number of fused-ring (bicyclic) bond motifs is 1. The van der Waals surface area contributed by atoms with Gasteiger partial charge < -0.3 is 9.88 Å². The van der Waals surface area contributed by atoms with Gasteiger partial charge in [-0.3, -0.25) is 9.69 Å². The Morgan fingerprint density at radius 2 is 2.09 bits per heavy atom. The third-order valence-electron chi connectivity index (χ3n) is 4.26. The molecule has 23 heavy (non-hydrogen) atoms. The number of halogens is 1. The van der Waals surface area contributed by atoms with Gasteiger partial charge in [-0.15, -0.1) is 0 Å². The Hall–Kier alpha value is -1.78. The highest BCUT2D eigenvalue weighted by Crippen LogP contribution is 2.35. The number of amides is 1. The molecule has 1 aromatic heterocycles. The lowest BCUT2D eigenvalue weighted by Gasteiger charge is -2.37. The van der Waals surface area contributed by atoms with Gasteiger partial charge in [0.15, 0.2) is 0 Å². The number of rotatable bonds is 5. The van der Waals surface area contributed by atoms with Gasteiger partial charge in [-0.2, -0.15) is 0 Å². The summed E-state index contributed by atoms with van der Waals surface area (Å²) >= 11 is 6.44. The molecule has 0 saturated heterocycles. The van der Waals surface area contributed by atoms with Crippen LogP contribution in [0.25, 0.3) is 0 Å². The van der Waals surface area contributed by atoms with Gasteiger partial charge in [0.05, 0.1) is 12.6 Å². The quantitative estimate of drug-likeness (QED) is 0.914. The second kappa shape index (κ2) is 7.20. The monoisotopic (exact) mass is 331 g/mol. The van der Waals surface area contributed by atoms with E-state index in [9.17, 15) is 4.79 Å². The molecule has 1 aliphatic rings. The van der Waals surface area contributed by atoms with Crippen LogP contribution < -0.4 is 5.32 Å². The molecular formula is C18H22ClN3O. The van der Waals surface area contributed by atoms with Crippen LogP contribution in [0.1, 0.15) is 30.6 Å². The molecule has 0 fully saturated rings. The van der Waals surface area contributed by atoms with Gasteiger partial charge >= 0.3 is 0 Å². The third kappa shape index (κ3) is 3.43. The van der Waals surface area contributed by atoms with Gasteiger partial charge in [0, 0.05) is 36.5 Å². The summed E-state index contributed by atoms with van der Waals surface area (Å²) < 4.78 is 2.24. The number of carbonyl (C=O) groups is 1. The van der Waals surface area contributed by atoms with Crippen LogP contribution in [0.3, 0.4) is 0 Å². The van der Waals surface area contributed by atoms with E-state index in [2.05, 4.69) is 40.0 Å². The molecule has 1 unspecified atom stereocenters. The van der Waals surface area contributed by atoms with Crippen molar-refractivity contribution in [3.63, 3.8) is 0 Å². The van der Waals surface area contributed by atoms with E-state index in [1.54, 1.807) is 0 Å². The first-order valence-corrected chi connectivity index (χ1v) is 8.48. The Balaban J connectivity index is 1.90. The second-order valence-corrected chi connectivity index (χ2v) is 6.28. The summed E-state index contributed by atoms with van der Waals surface area (Å²) in [6.45, 7) is 4.89. The molecule has 4 nitrogen and oxygen atoms in total. The van der Waals surface area contributed by atoms with Crippen molar-refractivity contribution in [2.45, 2.75) is 25.9 Å². The molecule has 0 aliphatic carbocycles. The zero-order valence-corrected chi connectivity index (χ0v) is 14.1. The molecule has 1 atom stereocenters. The Morgan fingerprint density at radius 1 is 1.26 bits per heavy atom. The molecule has 2 heterocycles. The van der Waals surface area contributed by atoms with Crippen molar-refractivity contribution in [2.24, 2.45) is 0 Å². The van der Waals surface area contributed by atoms with Gasteiger partial charge in [-0.1, -0.05) is 36.7 Å². The van der Waals surface area contributed by atoms with Crippen molar-refractivity contribution in [1.29, 1.82) is 0 Å². The van der Waals surface area contributed by atoms with Crippen LogP contribution in [0.15, 0.2) is 42.6 Å². The normalized spacial score (nSPS) is 17.7. The van der Waals surface area contributed by atoms with E-state index >= 15 is 0 Å². The van der Waals surface area contributed by atoms with E-state index in [0.29, 0.717) is 6.54 Å². The minimum Gasteiger partial charge on any atom is -0.355 e. The maximum Gasteiger partial charge on any atom is 0.234 e. The number of carbonyl (C=O) groups excluding carboxylic acids is 1. The summed E-state index contributed by atoms with van der Waals surface area (Å²) in [4.78, 5) is 14.4. The lowest BCUT2D eigenvalue weighted by molar-refractivity contribution is -0.122. The zero-order valence-electron chi connectivity index (χ0n) is 13.3. The molecule has 2 aromatic rings. The molecule has 5 heteroatoms. The van der Waals surface area contributed by atoms with Crippen LogP contribution in [0, 0.1) is 0 Å². The van der Waals surface area contributed by atoms with Gasteiger partial charge in [0.2, 0.25) is 5.91 Å². The smallest absolute Gasteiger partial charge is 0.234 e. The summed E-state index contributed by atoms with van der Waals surface area (Å²) in [7, 11) is 0. The summed E-state index contributed by atoms with van der Waals surface area (Å²) in [6, 6.07) is 12.1. The fourth-order valence-corrected chi connectivity index (χ4v) is 3.40. The molecule has 1 amide bonds. The fraction of sp³-hybridized carbons (Fsp3) is 0.389. The fourth-order valence-electron chi connectivity index (χ4n) is 3.16. The Labute approximate surface area is 142 Å². The minimum absolute atomic E-state index is 0.0137. The van der Waals surface area contributed by atoms with Crippen molar-refractivity contribution in [3.8, 4) is 0 Å². The van der Waals surface area contributed by atoms with Crippen LogP contribution in [-0.4, -0.2) is 35.0 Å². The van der Waals surface area contributed by atoms with E-state index in [4.69, 9.17) is 11.6 Å². The largest absolute Gasteiger partial charge is 0.355 e. The summed E-state index contributed by atoms with van der Waals surface area (Å²) in [6.07, 6.45) is 3.04. The van der Waals surface area contributed by atoms with Crippen molar-refractivity contribution in [2.75, 3.05) is 19.6 Å². The lowest BCUT2D eigenvalue weighted by atomic mass is 10.00. The molecule has 0 saturated carbocycles. The zero-order chi connectivity index (χ0) is 16.2. The second-order valence-electron chi connectivity index (χ2n) is 5.87. The molecule has 3 rings (SSSR count). The number of hydrogen-bond donors (Lipinski definition) is 1. The van der Waals surface area contributed by atoms with Gasteiger partial charge in [-0.25, -0.2) is 0 Å². The number of nitrogens with one attached hydrogen (secondary N) is 1. The molecular weight excluding hydrogens is 310 g/mol. The predicted molar refractivity (Wildman–Crippen MR) is 92.6 cm³/mol. The average Bonchev–Trinajstić information content (AvgIpc) is 3.02. The topological polar surface area (TPSA) is 37.3 Å². The summed E-state index contributed by atoms with van der Waals surface area (Å²) in [5.74, 6) is 0.0731. The molecule has 1 N–H and O–H groups in total. The van der Waals surface area contributed by atoms with Crippen molar-refractivity contribution >= 4 is 17.5 Å². The van der Waals surface area contributed by atoms with Gasteiger partial charge in [0.25, 0.3) is 0 Å². The predicted octanol–water partition coefficient (Wildman–Crippen LogP) is 3.07. The summed E-state index contributed by atoms with van der Waals surface area (Å²) in [5.41, 5.74) is 2.24. The van der Waals surface area contributed by atoms with Crippen molar-refractivity contribution in [3.05, 3.63) is 58.9 Å². The average molecular weight is 332 g/mol. The number of hydrogen-bond acceptors (Lipinski definition) is 2. The van der Waals surface area contributed by atoms with E-state index in [1.807, 2.05) is 24.3 Å². The van der Waals surface area contributed by atoms with Crippen molar-refractivity contribution < 1.29 is 4.79 Å². The molecule has 122 valence electrons. The maximum absolute atomic E-state index is 12.2. The standard InChI is InChI=1S/C18H22ClN3O/c1-2-9-20-17(23)13-22-12-11-21-10-5-8-16(21)18(22)14-6-3-4-7-15(14)19/h3-8,10,18H,2,9,11-13H2,1H3,(H,20,23). The van der Waals surface area contributed by atoms with Crippen LogP contribution in [0.5, 0.6) is 0 Å². The third-order valence-corrected chi connectivity index (χ3v) is 4.60. The maximum atomic E-state index is 12.2. The first-order valence-electron chi connectivity index (χ1n) is 8.11. The summed E-state index contributed by atoms with van der Waals surface area (Å²) in [5, 5.41) is 3.71. The lowest BCUT2D eigenvalue weighted by Crippen LogP contribution is -2.44. The first-order chi connectivity index (χ1) is 11.2. The van der Waals surface area contributed by atoms with Gasteiger partial charge in [0.1, 0.15) is 0 Å². The highest BCUT2D eigenvalue weighted by Gasteiger charge is 2.31. The van der Waals surface area contributed by atoms with E-state index < -0.39 is 0 Å². The molecule has 0 bridgehead atoms. The van der Waals surface area contributed by atoms with E-state index in [-0.39, 0.29) is 11.9 Å². The number of aromatic nitrogens is 1. The van der Waals surface area contributed by atoms with Crippen molar-refractivity contribution in [1.82, 2.24) is 14.8 Å². The molecule has 0 spiro atoms. The van der Waals surface area contributed by atoms with E-state index in [1.165, 1.54) is 5.69 Å². The Bertz CT molecular complexity index is 682. The number of nitrogens with zero attached hydrogens (tertiary/aromatic N) is 2. The molecule has 1 aromatic carbocycles. The van der Waals surface area contributed by atoms with Crippen LogP contribution in [0.4, 0.5) is 0 Å². The first kappa shape index (κ1) is 16.1. The Kier molecular flexibility index (Phi) is 5.03. The van der Waals surface area contributed by atoms with Gasteiger partial charge in [-0.05, 0) is 30.2 Å². The highest BCUT2D eigenvalue weighted by molar-refractivity contribution is 6.31. The SMILES string of the molecule is CCCNC(=O)CN1CCn2cccc2C1c1ccccc1Cl. The van der Waals surface area contributed by atoms with Crippen LogP contribution in [0.2, 0.25) is 5.02 Å². The molecule has 1 aliphatic heterocycles. The highest BCUT2D eigenvalue weighted by atomic mass is 35.5. The minimum atomic E-state index is 0.0137. The number of benzene rings is 1. The van der Waals surface area contributed by atoms with Crippen LogP contribution in [-0.2, 0) is 11.3 Å². The van der Waals surface area contributed by atoms with Crippen LogP contribution >= 0.6 is 11.6 Å². The Morgan fingerprint density at radius 3 is 2.87 bits per heavy atom. The molecule has 0 radical (unpaired) electrons.